The molecule has 1 aliphatic rings. The van der Waals surface area contributed by atoms with Crippen LogP contribution in [0.5, 0.6) is 5.75 Å². The third-order valence-electron chi connectivity index (χ3n) is 2.90. The lowest BCUT2D eigenvalue weighted by Gasteiger charge is -2.12. The maximum absolute atomic E-state index is 5.55. The van der Waals surface area contributed by atoms with Crippen LogP contribution in [-0.4, -0.2) is 26.4 Å². The third kappa shape index (κ3) is 2.97. The van der Waals surface area contributed by atoms with Gasteiger partial charge in [0, 0.05) is 25.3 Å². The minimum Gasteiger partial charge on any atom is -0.496 e. The number of para-hydroxylation sites is 1. The molecule has 88 valence electrons. The normalized spacial score (nSPS) is 19.9. The van der Waals surface area contributed by atoms with Gasteiger partial charge in [-0.3, -0.25) is 0 Å². The molecule has 2 rings (SSSR count). The SMILES string of the molecule is COc1ccccc1CNC[C@H]1CCCO1. The first-order chi connectivity index (χ1) is 7.90. The van der Waals surface area contributed by atoms with E-state index in [4.69, 9.17) is 9.47 Å². The molecule has 0 amide bonds. The summed E-state index contributed by atoms with van der Waals surface area (Å²) in [6.45, 7) is 2.68. The van der Waals surface area contributed by atoms with Crippen molar-refractivity contribution in [3.63, 3.8) is 0 Å². The Balaban J connectivity index is 1.79. The Labute approximate surface area is 96.8 Å². The van der Waals surface area contributed by atoms with Crippen molar-refractivity contribution in [2.24, 2.45) is 0 Å². The van der Waals surface area contributed by atoms with Gasteiger partial charge in [0.1, 0.15) is 5.75 Å². The summed E-state index contributed by atoms with van der Waals surface area (Å²) in [5.74, 6) is 0.947. The number of nitrogens with one attached hydrogen (secondary N) is 1. The van der Waals surface area contributed by atoms with Crippen molar-refractivity contribution in [2.45, 2.75) is 25.5 Å². The summed E-state index contributed by atoms with van der Waals surface area (Å²) in [7, 11) is 1.71. The van der Waals surface area contributed by atoms with Crippen LogP contribution in [0.1, 0.15) is 18.4 Å². The molecular weight excluding hydrogens is 202 g/mol. The summed E-state index contributed by atoms with van der Waals surface area (Å²) in [6, 6.07) is 8.10. The standard InChI is InChI=1S/C13H19NO2/c1-15-13-7-3-2-5-11(13)9-14-10-12-6-4-8-16-12/h2-3,5,7,12,14H,4,6,8-10H2,1H3/t12-/m1/s1. The number of hydrogen-bond donors (Lipinski definition) is 1. The van der Waals surface area contributed by atoms with Gasteiger partial charge in [0.05, 0.1) is 13.2 Å². The molecule has 0 aromatic heterocycles. The largest absolute Gasteiger partial charge is 0.496 e. The highest BCUT2D eigenvalue weighted by Crippen LogP contribution is 2.17. The Morgan fingerprint density at radius 2 is 2.31 bits per heavy atom. The Kier molecular flexibility index (Phi) is 4.19. The Bertz CT molecular complexity index is 321. The summed E-state index contributed by atoms with van der Waals surface area (Å²) < 4.78 is 10.9. The number of benzene rings is 1. The average Bonchev–Trinajstić information content (AvgIpc) is 2.83. The second-order valence-electron chi connectivity index (χ2n) is 4.08. The highest BCUT2D eigenvalue weighted by atomic mass is 16.5. The zero-order valence-electron chi connectivity index (χ0n) is 9.74. The smallest absolute Gasteiger partial charge is 0.123 e. The minimum atomic E-state index is 0.398. The summed E-state index contributed by atoms with van der Waals surface area (Å²) in [4.78, 5) is 0. The van der Waals surface area contributed by atoms with Crippen LogP contribution in [0.15, 0.2) is 24.3 Å². The van der Waals surface area contributed by atoms with E-state index in [-0.39, 0.29) is 0 Å². The van der Waals surface area contributed by atoms with Crippen molar-refractivity contribution >= 4 is 0 Å². The first kappa shape index (κ1) is 11.4. The monoisotopic (exact) mass is 221 g/mol. The molecular formula is C13H19NO2. The van der Waals surface area contributed by atoms with Crippen LogP contribution in [0.4, 0.5) is 0 Å². The first-order valence-corrected chi connectivity index (χ1v) is 5.84. The van der Waals surface area contributed by atoms with Crippen LogP contribution in [0.3, 0.4) is 0 Å². The minimum absolute atomic E-state index is 0.398. The molecule has 1 heterocycles. The molecule has 1 aromatic rings. The lowest BCUT2D eigenvalue weighted by molar-refractivity contribution is 0.110. The molecule has 1 atom stereocenters. The maximum Gasteiger partial charge on any atom is 0.123 e. The summed E-state index contributed by atoms with van der Waals surface area (Å²) >= 11 is 0. The molecule has 0 saturated carbocycles. The van der Waals surface area contributed by atoms with Crippen molar-refractivity contribution in [1.82, 2.24) is 5.32 Å². The van der Waals surface area contributed by atoms with Crippen molar-refractivity contribution in [3.05, 3.63) is 29.8 Å². The van der Waals surface area contributed by atoms with Gasteiger partial charge in [0.2, 0.25) is 0 Å². The Hall–Kier alpha value is -1.06. The van der Waals surface area contributed by atoms with Crippen LogP contribution >= 0.6 is 0 Å². The highest BCUT2D eigenvalue weighted by molar-refractivity contribution is 5.32. The molecule has 3 nitrogen and oxygen atoms in total. The predicted octanol–water partition coefficient (Wildman–Crippen LogP) is 1.96. The van der Waals surface area contributed by atoms with E-state index in [9.17, 15) is 0 Å². The molecule has 0 aliphatic carbocycles. The van der Waals surface area contributed by atoms with Gasteiger partial charge in [-0.2, -0.15) is 0 Å². The quantitative estimate of drug-likeness (QED) is 0.824. The Morgan fingerprint density at radius 1 is 1.44 bits per heavy atom. The first-order valence-electron chi connectivity index (χ1n) is 5.84. The van der Waals surface area contributed by atoms with Gasteiger partial charge >= 0.3 is 0 Å². The van der Waals surface area contributed by atoms with Gasteiger partial charge in [0.25, 0.3) is 0 Å². The van der Waals surface area contributed by atoms with Gasteiger partial charge in [-0.15, -0.1) is 0 Å². The van der Waals surface area contributed by atoms with Crippen LogP contribution in [0.25, 0.3) is 0 Å². The van der Waals surface area contributed by atoms with Crippen molar-refractivity contribution in [3.8, 4) is 5.75 Å². The van der Waals surface area contributed by atoms with Crippen LogP contribution in [0, 0.1) is 0 Å². The van der Waals surface area contributed by atoms with E-state index in [1.54, 1.807) is 7.11 Å². The van der Waals surface area contributed by atoms with E-state index >= 15 is 0 Å². The average molecular weight is 221 g/mol. The fraction of sp³-hybridized carbons (Fsp3) is 0.538. The molecule has 0 spiro atoms. The van der Waals surface area contributed by atoms with Crippen molar-refractivity contribution in [1.29, 1.82) is 0 Å². The van der Waals surface area contributed by atoms with Gasteiger partial charge in [-0.1, -0.05) is 18.2 Å². The number of methoxy groups -OCH3 is 1. The van der Waals surface area contributed by atoms with Gasteiger partial charge in [-0.05, 0) is 18.9 Å². The third-order valence-corrected chi connectivity index (χ3v) is 2.90. The number of rotatable bonds is 5. The second-order valence-corrected chi connectivity index (χ2v) is 4.08. The zero-order valence-corrected chi connectivity index (χ0v) is 9.74. The van der Waals surface area contributed by atoms with E-state index < -0.39 is 0 Å². The van der Waals surface area contributed by atoms with Gasteiger partial charge < -0.3 is 14.8 Å². The van der Waals surface area contributed by atoms with Crippen LogP contribution in [0.2, 0.25) is 0 Å². The van der Waals surface area contributed by atoms with E-state index in [1.807, 2.05) is 18.2 Å². The van der Waals surface area contributed by atoms with Gasteiger partial charge in [0.15, 0.2) is 0 Å². The molecule has 1 N–H and O–H groups in total. The lowest BCUT2D eigenvalue weighted by Crippen LogP contribution is -2.25. The molecule has 1 aromatic carbocycles. The van der Waals surface area contributed by atoms with Crippen LogP contribution in [-0.2, 0) is 11.3 Å². The molecule has 0 bridgehead atoms. The number of hydrogen-bond acceptors (Lipinski definition) is 3. The molecule has 3 heteroatoms. The summed E-state index contributed by atoms with van der Waals surface area (Å²) in [5, 5.41) is 3.41. The molecule has 1 aliphatic heterocycles. The number of ether oxygens (including phenoxy) is 2. The molecule has 1 saturated heterocycles. The zero-order chi connectivity index (χ0) is 11.2. The fourth-order valence-electron chi connectivity index (χ4n) is 2.02. The maximum atomic E-state index is 5.55. The van der Waals surface area contributed by atoms with Crippen LogP contribution < -0.4 is 10.1 Å². The van der Waals surface area contributed by atoms with E-state index in [0.29, 0.717) is 6.10 Å². The summed E-state index contributed by atoms with van der Waals surface area (Å²) in [6.07, 6.45) is 2.77. The molecule has 16 heavy (non-hydrogen) atoms. The lowest BCUT2D eigenvalue weighted by atomic mass is 10.2. The van der Waals surface area contributed by atoms with Crippen molar-refractivity contribution < 1.29 is 9.47 Å². The van der Waals surface area contributed by atoms with E-state index in [1.165, 1.54) is 18.4 Å². The second kappa shape index (κ2) is 5.87. The fourth-order valence-corrected chi connectivity index (χ4v) is 2.02. The van der Waals surface area contributed by atoms with Gasteiger partial charge in [-0.25, -0.2) is 0 Å². The van der Waals surface area contributed by atoms with Crippen molar-refractivity contribution in [2.75, 3.05) is 20.3 Å². The predicted molar refractivity (Wildman–Crippen MR) is 63.7 cm³/mol. The highest BCUT2D eigenvalue weighted by Gasteiger charge is 2.14. The van der Waals surface area contributed by atoms with E-state index in [2.05, 4.69) is 11.4 Å². The Morgan fingerprint density at radius 3 is 3.06 bits per heavy atom. The molecule has 0 unspecified atom stereocenters. The topological polar surface area (TPSA) is 30.5 Å². The van der Waals surface area contributed by atoms with E-state index in [0.717, 1.165) is 25.4 Å². The molecule has 0 radical (unpaired) electrons. The molecule has 1 fully saturated rings. The summed E-state index contributed by atoms with van der Waals surface area (Å²) in [5.41, 5.74) is 1.20.